The number of ether oxygens (including phenoxy) is 3. The second kappa shape index (κ2) is 10.8. The van der Waals surface area contributed by atoms with Gasteiger partial charge in [0, 0.05) is 39.2 Å². The molecule has 168 valence electrons. The van der Waals surface area contributed by atoms with Gasteiger partial charge >= 0.3 is 0 Å². The lowest BCUT2D eigenvalue weighted by molar-refractivity contribution is -0.121. The molecule has 1 heterocycles. The number of methoxy groups -OCH3 is 3. The van der Waals surface area contributed by atoms with Gasteiger partial charge in [0.1, 0.15) is 11.5 Å². The van der Waals surface area contributed by atoms with E-state index in [1.807, 2.05) is 0 Å². The second-order valence-corrected chi connectivity index (χ2v) is 7.43. The van der Waals surface area contributed by atoms with E-state index in [0.717, 1.165) is 0 Å². The molecule has 31 heavy (non-hydrogen) atoms. The van der Waals surface area contributed by atoms with E-state index in [9.17, 15) is 9.59 Å². The molecule has 2 amide bonds. The van der Waals surface area contributed by atoms with Crippen molar-refractivity contribution in [3.8, 4) is 22.8 Å². The second-order valence-electron chi connectivity index (χ2n) is 7.43. The number of aromatic nitrogens is 1. The summed E-state index contributed by atoms with van der Waals surface area (Å²) in [6.45, 7) is 1.67. The normalized spacial score (nSPS) is 13.0. The number of carbonyl (C=O) groups excluding carboxylic acids is 2. The third-order valence-corrected chi connectivity index (χ3v) is 5.15. The first-order valence-electron chi connectivity index (χ1n) is 10.3. The van der Waals surface area contributed by atoms with Crippen LogP contribution in [0.5, 0.6) is 11.5 Å². The SMILES string of the molecule is COCCN(CCC(=O)NCC1CC1)C(=O)c1cc(-c2cc(OC)ccc2OC)on1. The lowest BCUT2D eigenvalue weighted by Crippen LogP contribution is -2.37. The first-order valence-corrected chi connectivity index (χ1v) is 10.3. The Bertz CT molecular complexity index is 893. The largest absolute Gasteiger partial charge is 0.497 e. The number of hydrogen-bond donors (Lipinski definition) is 1. The fourth-order valence-electron chi connectivity index (χ4n) is 3.09. The van der Waals surface area contributed by atoms with Gasteiger partial charge in [-0.2, -0.15) is 0 Å². The molecule has 9 heteroatoms. The third kappa shape index (κ3) is 6.21. The van der Waals surface area contributed by atoms with Crippen LogP contribution in [0.1, 0.15) is 29.8 Å². The molecule has 0 saturated heterocycles. The van der Waals surface area contributed by atoms with Crippen LogP contribution in [-0.2, 0) is 9.53 Å². The van der Waals surface area contributed by atoms with E-state index in [0.29, 0.717) is 48.4 Å². The minimum absolute atomic E-state index is 0.0657. The first kappa shape index (κ1) is 22.6. The molecular formula is C22H29N3O6. The average molecular weight is 431 g/mol. The smallest absolute Gasteiger partial charge is 0.276 e. The molecule has 0 spiro atoms. The van der Waals surface area contributed by atoms with Crippen LogP contribution in [0.3, 0.4) is 0 Å². The fraction of sp³-hybridized carbons (Fsp3) is 0.500. The van der Waals surface area contributed by atoms with Crippen LogP contribution >= 0.6 is 0 Å². The predicted octanol–water partition coefficient (Wildman–Crippen LogP) is 2.36. The Morgan fingerprint density at radius 3 is 2.65 bits per heavy atom. The standard InChI is InChI=1S/C22H29N3O6/c1-28-11-10-25(9-8-21(26)23-14-15-4-5-15)22(27)18-13-20(31-24-18)17-12-16(29-2)6-7-19(17)30-3/h6-7,12-13,15H,4-5,8-11,14H2,1-3H3,(H,23,26). The van der Waals surface area contributed by atoms with Crippen molar-refractivity contribution in [3.05, 3.63) is 30.0 Å². The number of rotatable bonds is 12. The highest BCUT2D eigenvalue weighted by Gasteiger charge is 2.24. The number of nitrogens with one attached hydrogen (secondary N) is 1. The van der Waals surface area contributed by atoms with E-state index in [1.165, 1.54) is 12.8 Å². The van der Waals surface area contributed by atoms with Gasteiger partial charge in [0.2, 0.25) is 5.91 Å². The fourth-order valence-corrected chi connectivity index (χ4v) is 3.09. The minimum atomic E-state index is -0.330. The Balaban J connectivity index is 1.69. The molecule has 1 fully saturated rings. The van der Waals surface area contributed by atoms with Crippen molar-refractivity contribution < 1.29 is 28.3 Å². The summed E-state index contributed by atoms with van der Waals surface area (Å²) in [4.78, 5) is 26.7. The van der Waals surface area contributed by atoms with E-state index in [1.54, 1.807) is 50.5 Å². The molecule has 9 nitrogen and oxygen atoms in total. The van der Waals surface area contributed by atoms with E-state index in [4.69, 9.17) is 18.7 Å². The van der Waals surface area contributed by atoms with Crippen molar-refractivity contribution in [2.24, 2.45) is 5.92 Å². The topological polar surface area (TPSA) is 103 Å². The summed E-state index contributed by atoms with van der Waals surface area (Å²) in [6, 6.07) is 6.84. The first-order chi connectivity index (χ1) is 15.0. The highest BCUT2D eigenvalue weighted by atomic mass is 16.5. The van der Waals surface area contributed by atoms with E-state index >= 15 is 0 Å². The van der Waals surface area contributed by atoms with Crippen molar-refractivity contribution in [1.29, 1.82) is 0 Å². The maximum absolute atomic E-state index is 13.0. The molecule has 1 saturated carbocycles. The summed E-state index contributed by atoms with van der Waals surface area (Å²) in [6.07, 6.45) is 2.56. The van der Waals surface area contributed by atoms with Gasteiger partial charge < -0.3 is 29.0 Å². The molecule has 1 N–H and O–H groups in total. The van der Waals surface area contributed by atoms with Gasteiger partial charge in [0.25, 0.3) is 5.91 Å². The van der Waals surface area contributed by atoms with E-state index in [2.05, 4.69) is 10.5 Å². The number of nitrogens with zero attached hydrogens (tertiary/aromatic N) is 2. The highest BCUT2D eigenvalue weighted by Crippen LogP contribution is 2.34. The van der Waals surface area contributed by atoms with E-state index < -0.39 is 0 Å². The Kier molecular flexibility index (Phi) is 7.88. The van der Waals surface area contributed by atoms with E-state index in [-0.39, 0.29) is 30.5 Å². The van der Waals surface area contributed by atoms with Crippen molar-refractivity contribution in [1.82, 2.24) is 15.4 Å². The molecule has 1 aliphatic rings. The van der Waals surface area contributed by atoms with Crippen LogP contribution in [0.25, 0.3) is 11.3 Å². The molecule has 3 rings (SSSR count). The number of hydrogen-bond acceptors (Lipinski definition) is 7. The van der Waals surface area contributed by atoms with Crippen LogP contribution in [0.2, 0.25) is 0 Å². The van der Waals surface area contributed by atoms with Crippen LogP contribution in [0.15, 0.2) is 28.8 Å². The van der Waals surface area contributed by atoms with Gasteiger partial charge in [-0.05, 0) is 37.0 Å². The minimum Gasteiger partial charge on any atom is -0.497 e. The predicted molar refractivity (Wildman–Crippen MR) is 113 cm³/mol. The Morgan fingerprint density at radius 1 is 1.16 bits per heavy atom. The third-order valence-electron chi connectivity index (χ3n) is 5.15. The summed E-state index contributed by atoms with van der Waals surface area (Å²) in [5, 5.41) is 6.86. The number of amides is 2. The van der Waals surface area contributed by atoms with Crippen LogP contribution in [0, 0.1) is 5.92 Å². The van der Waals surface area contributed by atoms with Gasteiger partial charge in [0.05, 0.1) is 26.4 Å². The Labute approximate surface area is 181 Å². The molecule has 2 aromatic rings. The molecule has 0 bridgehead atoms. The number of carbonyl (C=O) groups is 2. The highest BCUT2D eigenvalue weighted by molar-refractivity contribution is 5.93. The molecule has 0 aliphatic heterocycles. The lowest BCUT2D eigenvalue weighted by atomic mass is 10.1. The summed E-state index contributed by atoms with van der Waals surface area (Å²) in [5.74, 6) is 1.79. The maximum atomic E-state index is 13.0. The van der Waals surface area contributed by atoms with Crippen LogP contribution < -0.4 is 14.8 Å². The summed E-state index contributed by atoms with van der Waals surface area (Å²) >= 11 is 0. The van der Waals surface area contributed by atoms with Gasteiger partial charge in [-0.25, -0.2) is 0 Å². The van der Waals surface area contributed by atoms with Crippen molar-refractivity contribution >= 4 is 11.8 Å². The zero-order valence-corrected chi connectivity index (χ0v) is 18.2. The molecular weight excluding hydrogens is 402 g/mol. The average Bonchev–Trinajstić information content (AvgIpc) is 3.50. The summed E-state index contributed by atoms with van der Waals surface area (Å²) in [7, 11) is 4.68. The van der Waals surface area contributed by atoms with Crippen LogP contribution in [-0.4, -0.2) is 69.4 Å². The lowest BCUT2D eigenvalue weighted by Gasteiger charge is -2.21. The zero-order chi connectivity index (χ0) is 22.2. The van der Waals surface area contributed by atoms with Gasteiger partial charge in [-0.15, -0.1) is 0 Å². The van der Waals surface area contributed by atoms with Crippen molar-refractivity contribution in [2.45, 2.75) is 19.3 Å². The molecule has 1 aliphatic carbocycles. The number of benzene rings is 1. The molecule has 0 unspecified atom stereocenters. The zero-order valence-electron chi connectivity index (χ0n) is 18.2. The van der Waals surface area contributed by atoms with Crippen LogP contribution in [0.4, 0.5) is 0 Å². The Morgan fingerprint density at radius 2 is 1.97 bits per heavy atom. The summed E-state index contributed by atoms with van der Waals surface area (Å²) in [5.41, 5.74) is 0.769. The van der Waals surface area contributed by atoms with Gasteiger partial charge in [-0.3, -0.25) is 9.59 Å². The van der Waals surface area contributed by atoms with Crippen molar-refractivity contribution in [3.63, 3.8) is 0 Å². The van der Waals surface area contributed by atoms with Gasteiger partial charge in [0.15, 0.2) is 11.5 Å². The molecule has 1 aromatic heterocycles. The monoisotopic (exact) mass is 431 g/mol. The maximum Gasteiger partial charge on any atom is 0.276 e. The quantitative estimate of drug-likeness (QED) is 0.550. The molecule has 1 aromatic carbocycles. The van der Waals surface area contributed by atoms with Crippen molar-refractivity contribution in [2.75, 3.05) is 47.6 Å². The molecule has 0 atom stereocenters. The Hall–Kier alpha value is -3.07. The molecule has 0 radical (unpaired) electrons. The van der Waals surface area contributed by atoms with Gasteiger partial charge in [-0.1, -0.05) is 5.16 Å². The summed E-state index contributed by atoms with van der Waals surface area (Å²) < 4.78 is 21.2.